The highest BCUT2D eigenvalue weighted by Crippen LogP contribution is 2.13. The second kappa shape index (κ2) is 5.47. The summed E-state index contributed by atoms with van der Waals surface area (Å²) in [6.07, 6.45) is 2.65. The molecule has 1 fully saturated rings. The van der Waals surface area contributed by atoms with Crippen molar-refractivity contribution in [1.82, 2.24) is 15.3 Å². The molecule has 92 valence electrons. The number of rotatable bonds is 3. The van der Waals surface area contributed by atoms with Crippen molar-refractivity contribution in [2.45, 2.75) is 13.3 Å². The minimum absolute atomic E-state index is 0.0473. The highest BCUT2D eigenvalue weighted by Gasteiger charge is 2.16. The maximum absolute atomic E-state index is 11.5. The van der Waals surface area contributed by atoms with E-state index in [-0.39, 0.29) is 5.91 Å². The SMILES string of the molecule is CCNc1nccc(N2CCCNC(=O)C2)n1. The van der Waals surface area contributed by atoms with Crippen LogP contribution < -0.4 is 15.5 Å². The number of nitrogens with zero attached hydrogens (tertiary/aromatic N) is 3. The first-order valence-electron chi connectivity index (χ1n) is 5.88. The maximum atomic E-state index is 11.5. The average Bonchev–Trinajstić information content (AvgIpc) is 2.55. The van der Waals surface area contributed by atoms with E-state index in [1.165, 1.54) is 0 Å². The predicted octanol–water partition coefficient (Wildman–Crippen LogP) is 0.235. The van der Waals surface area contributed by atoms with Gasteiger partial charge in [0.05, 0.1) is 6.54 Å². The van der Waals surface area contributed by atoms with Crippen molar-refractivity contribution in [3.05, 3.63) is 12.3 Å². The number of anilines is 2. The summed E-state index contributed by atoms with van der Waals surface area (Å²) in [4.78, 5) is 21.9. The molecule has 0 radical (unpaired) electrons. The van der Waals surface area contributed by atoms with Crippen LogP contribution in [0.1, 0.15) is 13.3 Å². The molecule has 0 atom stereocenters. The Balaban J connectivity index is 2.14. The van der Waals surface area contributed by atoms with Gasteiger partial charge < -0.3 is 15.5 Å². The van der Waals surface area contributed by atoms with Crippen LogP contribution in [0.2, 0.25) is 0 Å². The van der Waals surface area contributed by atoms with Crippen LogP contribution in [0.15, 0.2) is 12.3 Å². The second-order valence-electron chi connectivity index (χ2n) is 3.89. The van der Waals surface area contributed by atoms with Gasteiger partial charge in [-0.05, 0) is 19.4 Å². The normalized spacial score (nSPS) is 16.3. The first-order chi connectivity index (χ1) is 8.29. The first-order valence-corrected chi connectivity index (χ1v) is 5.88. The largest absolute Gasteiger partial charge is 0.354 e. The lowest BCUT2D eigenvalue weighted by molar-refractivity contribution is -0.119. The molecule has 1 saturated heterocycles. The summed E-state index contributed by atoms with van der Waals surface area (Å²) in [5.41, 5.74) is 0. The zero-order valence-corrected chi connectivity index (χ0v) is 9.94. The standard InChI is InChI=1S/C11H17N5O/c1-2-12-11-14-6-4-9(15-11)16-7-3-5-13-10(17)8-16/h4,6H,2-3,5,7-8H2,1H3,(H,13,17)(H,12,14,15). The summed E-state index contributed by atoms with van der Waals surface area (Å²) < 4.78 is 0. The Labute approximate surface area is 100 Å². The van der Waals surface area contributed by atoms with Gasteiger partial charge in [-0.15, -0.1) is 0 Å². The molecular formula is C11H17N5O. The smallest absolute Gasteiger partial charge is 0.239 e. The van der Waals surface area contributed by atoms with E-state index >= 15 is 0 Å². The number of amides is 1. The van der Waals surface area contributed by atoms with E-state index in [2.05, 4.69) is 20.6 Å². The Hall–Kier alpha value is -1.85. The summed E-state index contributed by atoms with van der Waals surface area (Å²) in [6, 6.07) is 1.83. The molecule has 0 aliphatic carbocycles. The van der Waals surface area contributed by atoms with E-state index in [0.29, 0.717) is 12.5 Å². The third kappa shape index (κ3) is 3.05. The van der Waals surface area contributed by atoms with Crippen molar-refractivity contribution >= 4 is 17.7 Å². The Morgan fingerprint density at radius 3 is 3.29 bits per heavy atom. The van der Waals surface area contributed by atoms with Gasteiger partial charge in [0, 0.05) is 25.8 Å². The van der Waals surface area contributed by atoms with Crippen molar-refractivity contribution in [1.29, 1.82) is 0 Å². The van der Waals surface area contributed by atoms with Crippen LogP contribution in [0, 0.1) is 0 Å². The van der Waals surface area contributed by atoms with Gasteiger partial charge in [-0.25, -0.2) is 4.98 Å². The lowest BCUT2D eigenvalue weighted by Crippen LogP contribution is -2.33. The van der Waals surface area contributed by atoms with Crippen LogP contribution >= 0.6 is 0 Å². The third-order valence-corrected chi connectivity index (χ3v) is 2.56. The van der Waals surface area contributed by atoms with Crippen molar-refractivity contribution in [3.8, 4) is 0 Å². The highest BCUT2D eigenvalue weighted by atomic mass is 16.2. The summed E-state index contributed by atoms with van der Waals surface area (Å²) in [5.74, 6) is 1.45. The summed E-state index contributed by atoms with van der Waals surface area (Å²) in [6.45, 7) is 4.71. The molecule has 0 spiro atoms. The number of hydrogen-bond donors (Lipinski definition) is 2. The van der Waals surface area contributed by atoms with Crippen LogP contribution in [0.3, 0.4) is 0 Å². The van der Waals surface area contributed by atoms with Crippen molar-refractivity contribution in [3.63, 3.8) is 0 Å². The van der Waals surface area contributed by atoms with Gasteiger partial charge in [0.2, 0.25) is 11.9 Å². The lowest BCUT2D eigenvalue weighted by atomic mass is 10.4. The number of hydrogen-bond acceptors (Lipinski definition) is 5. The van der Waals surface area contributed by atoms with Crippen molar-refractivity contribution in [2.24, 2.45) is 0 Å². The maximum Gasteiger partial charge on any atom is 0.239 e. The van der Waals surface area contributed by atoms with Crippen LogP contribution in [-0.4, -0.2) is 42.1 Å². The van der Waals surface area contributed by atoms with E-state index in [1.54, 1.807) is 6.20 Å². The fourth-order valence-corrected chi connectivity index (χ4v) is 1.77. The summed E-state index contributed by atoms with van der Waals surface area (Å²) in [5, 5.41) is 5.91. The molecule has 2 N–H and O–H groups in total. The molecule has 1 amide bonds. The number of carbonyl (C=O) groups excluding carboxylic acids is 1. The quantitative estimate of drug-likeness (QED) is 0.785. The van der Waals surface area contributed by atoms with E-state index in [9.17, 15) is 4.79 Å². The lowest BCUT2D eigenvalue weighted by Gasteiger charge is -2.20. The topological polar surface area (TPSA) is 70.2 Å². The monoisotopic (exact) mass is 235 g/mol. The molecule has 6 heteroatoms. The van der Waals surface area contributed by atoms with Crippen LogP contribution in [0.5, 0.6) is 0 Å². The molecule has 6 nitrogen and oxygen atoms in total. The zero-order chi connectivity index (χ0) is 12.1. The molecule has 0 aromatic carbocycles. The zero-order valence-electron chi connectivity index (χ0n) is 9.94. The second-order valence-corrected chi connectivity index (χ2v) is 3.89. The van der Waals surface area contributed by atoms with Gasteiger partial charge in [0.15, 0.2) is 0 Å². The van der Waals surface area contributed by atoms with Gasteiger partial charge >= 0.3 is 0 Å². The number of carbonyl (C=O) groups is 1. The van der Waals surface area contributed by atoms with Crippen molar-refractivity contribution in [2.75, 3.05) is 36.4 Å². The fourth-order valence-electron chi connectivity index (χ4n) is 1.77. The Morgan fingerprint density at radius 1 is 1.59 bits per heavy atom. The first kappa shape index (κ1) is 11.6. The number of nitrogens with one attached hydrogen (secondary N) is 2. The minimum Gasteiger partial charge on any atom is -0.354 e. The Morgan fingerprint density at radius 2 is 2.47 bits per heavy atom. The van der Waals surface area contributed by atoms with Crippen LogP contribution in [0.4, 0.5) is 11.8 Å². The molecule has 0 unspecified atom stereocenters. The van der Waals surface area contributed by atoms with Crippen LogP contribution in [0.25, 0.3) is 0 Å². The molecule has 0 saturated carbocycles. The fraction of sp³-hybridized carbons (Fsp3) is 0.545. The predicted molar refractivity (Wildman–Crippen MR) is 66.0 cm³/mol. The molecule has 1 aromatic heterocycles. The molecule has 17 heavy (non-hydrogen) atoms. The molecule has 1 aromatic rings. The molecule has 2 heterocycles. The van der Waals surface area contributed by atoms with Gasteiger partial charge in [-0.2, -0.15) is 4.98 Å². The highest BCUT2D eigenvalue weighted by molar-refractivity contribution is 5.81. The average molecular weight is 235 g/mol. The number of aromatic nitrogens is 2. The molecule has 0 bridgehead atoms. The van der Waals surface area contributed by atoms with Gasteiger partial charge in [-0.3, -0.25) is 4.79 Å². The summed E-state index contributed by atoms with van der Waals surface area (Å²) >= 11 is 0. The Kier molecular flexibility index (Phi) is 3.74. The molecular weight excluding hydrogens is 218 g/mol. The minimum atomic E-state index is 0.0473. The van der Waals surface area contributed by atoms with E-state index in [1.807, 2.05) is 17.9 Å². The van der Waals surface area contributed by atoms with Gasteiger partial charge in [0.25, 0.3) is 0 Å². The van der Waals surface area contributed by atoms with E-state index < -0.39 is 0 Å². The third-order valence-electron chi connectivity index (χ3n) is 2.56. The van der Waals surface area contributed by atoms with E-state index in [0.717, 1.165) is 31.9 Å². The molecule has 1 aliphatic heterocycles. The molecule has 1 aliphatic rings. The van der Waals surface area contributed by atoms with Gasteiger partial charge in [-0.1, -0.05) is 0 Å². The van der Waals surface area contributed by atoms with Crippen molar-refractivity contribution < 1.29 is 4.79 Å². The van der Waals surface area contributed by atoms with Crippen LogP contribution in [-0.2, 0) is 4.79 Å². The Bertz CT molecular complexity index is 395. The summed E-state index contributed by atoms with van der Waals surface area (Å²) in [7, 11) is 0. The molecule has 2 rings (SSSR count). The van der Waals surface area contributed by atoms with Gasteiger partial charge in [0.1, 0.15) is 5.82 Å². The van der Waals surface area contributed by atoms with E-state index in [4.69, 9.17) is 0 Å².